The molecule has 0 atom stereocenters. The van der Waals surface area contributed by atoms with Crippen LogP contribution in [-0.2, 0) is 35.2 Å². The van der Waals surface area contributed by atoms with Gasteiger partial charge in [0.05, 0.1) is 25.3 Å². The number of aryl methyl sites for hydroxylation is 4. The molecule has 5 aromatic rings. The van der Waals surface area contributed by atoms with Gasteiger partial charge in [0.25, 0.3) is 0 Å². The Kier molecular flexibility index (Phi) is 8.82. The van der Waals surface area contributed by atoms with Crippen molar-refractivity contribution in [3.8, 4) is 0 Å². The van der Waals surface area contributed by atoms with E-state index in [9.17, 15) is 9.59 Å². The number of methoxy groups -OCH3 is 2. The van der Waals surface area contributed by atoms with Gasteiger partial charge in [-0.15, -0.1) is 0 Å². The first-order chi connectivity index (χ1) is 20.4. The summed E-state index contributed by atoms with van der Waals surface area (Å²) in [6.07, 6.45) is 7.12. The van der Waals surface area contributed by atoms with Crippen LogP contribution in [0.4, 0.5) is 0 Å². The average molecular weight is 563 g/mol. The summed E-state index contributed by atoms with van der Waals surface area (Å²) in [6.45, 7) is 8.65. The van der Waals surface area contributed by atoms with E-state index in [4.69, 9.17) is 9.47 Å². The van der Waals surface area contributed by atoms with Crippen molar-refractivity contribution in [2.24, 2.45) is 0 Å². The lowest BCUT2D eigenvalue weighted by Gasteiger charge is -2.22. The molecule has 0 aliphatic carbocycles. The van der Waals surface area contributed by atoms with E-state index in [0.29, 0.717) is 24.0 Å². The van der Waals surface area contributed by atoms with Gasteiger partial charge in [0.1, 0.15) is 0 Å². The molecular formula is C38H42O4. The molecule has 0 aliphatic rings. The molecular weight excluding hydrogens is 520 g/mol. The number of carbonyl (C=O) groups is 2. The highest BCUT2D eigenvalue weighted by Crippen LogP contribution is 2.40. The zero-order valence-corrected chi connectivity index (χ0v) is 25.9. The highest BCUT2D eigenvalue weighted by Gasteiger charge is 2.29. The number of benzene rings is 5. The summed E-state index contributed by atoms with van der Waals surface area (Å²) in [6, 6.07) is 18.2. The zero-order valence-electron chi connectivity index (χ0n) is 25.9. The minimum Gasteiger partial charge on any atom is -0.465 e. The second-order valence-corrected chi connectivity index (χ2v) is 11.4. The zero-order chi connectivity index (χ0) is 30.0. The van der Waals surface area contributed by atoms with Crippen LogP contribution in [0.5, 0.6) is 0 Å². The minimum atomic E-state index is -0.488. The van der Waals surface area contributed by atoms with E-state index < -0.39 is 11.9 Å². The van der Waals surface area contributed by atoms with Gasteiger partial charge in [-0.3, -0.25) is 0 Å². The predicted octanol–water partition coefficient (Wildman–Crippen LogP) is 9.68. The Bertz CT molecular complexity index is 1830. The Labute approximate surface area is 249 Å². The van der Waals surface area contributed by atoms with Gasteiger partial charge in [-0.2, -0.15) is 0 Å². The Morgan fingerprint density at radius 2 is 1.00 bits per heavy atom. The quantitative estimate of drug-likeness (QED) is 0.126. The summed E-state index contributed by atoms with van der Waals surface area (Å²) in [4.78, 5) is 26.6. The molecule has 0 amide bonds. The van der Waals surface area contributed by atoms with Gasteiger partial charge >= 0.3 is 11.9 Å². The van der Waals surface area contributed by atoms with E-state index in [2.05, 4.69) is 76.2 Å². The van der Waals surface area contributed by atoms with Gasteiger partial charge in [-0.1, -0.05) is 71.6 Å². The molecule has 0 saturated heterocycles. The van der Waals surface area contributed by atoms with Crippen molar-refractivity contribution < 1.29 is 19.1 Å². The van der Waals surface area contributed by atoms with E-state index in [-0.39, 0.29) is 0 Å². The third-order valence-electron chi connectivity index (χ3n) is 8.59. The molecule has 0 radical (unpaired) electrons. The molecule has 0 heterocycles. The van der Waals surface area contributed by atoms with Crippen LogP contribution in [0.2, 0.25) is 0 Å². The van der Waals surface area contributed by atoms with Crippen molar-refractivity contribution in [3.05, 3.63) is 81.9 Å². The van der Waals surface area contributed by atoms with E-state index in [1.54, 1.807) is 0 Å². The molecule has 0 fully saturated rings. The fraction of sp³-hybridized carbons (Fsp3) is 0.368. The topological polar surface area (TPSA) is 52.6 Å². The number of esters is 2. The van der Waals surface area contributed by atoms with Crippen LogP contribution in [0.1, 0.15) is 96.3 Å². The molecule has 42 heavy (non-hydrogen) atoms. The smallest absolute Gasteiger partial charge is 0.339 e. The van der Waals surface area contributed by atoms with E-state index in [1.807, 2.05) is 0 Å². The number of rotatable bonds is 10. The summed E-state index contributed by atoms with van der Waals surface area (Å²) in [7, 11) is 2.76. The molecule has 0 saturated carbocycles. The number of hydrogen-bond acceptors (Lipinski definition) is 4. The van der Waals surface area contributed by atoms with Gasteiger partial charge in [0.15, 0.2) is 0 Å². The highest BCUT2D eigenvalue weighted by atomic mass is 16.5. The van der Waals surface area contributed by atoms with Crippen molar-refractivity contribution in [2.45, 2.75) is 79.1 Å². The van der Waals surface area contributed by atoms with E-state index in [1.165, 1.54) is 52.3 Å². The number of hydrogen-bond donors (Lipinski definition) is 0. The third-order valence-corrected chi connectivity index (χ3v) is 8.59. The van der Waals surface area contributed by atoms with Crippen molar-refractivity contribution >= 4 is 55.0 Å². The second-order valence-electron chi connectivity index (χ2n) is 11.4. The Balaban J connectivity index is 1.99. The maximum absolute atomic E-state index is 13.3. The van der Waals surface area contributed by atoms with Crippen LogP contribution >= 0.6 is 0 Å². The predicted molar refractivity (Wildman–Crippen MR) is 175 cm³/mol. The van der Waals surface area contributed by atoms with Crippen LogP contribution in [0.3, 0.4) is 0 Å². The summed E-state index contributed by atoms with van der Waals surface area (Å²) in [5.41, 5.74) is 5.17. The Morgan fingerprint density at radius 3 is 1.55 bits per heavy atom. The number of carbonyl (C=O) groups excluding carboxylic acids is 2. The number of ether oxygens (including phenoxy) is 2. The Hall–Kier alpha value is -3.92. The molecule has 0 aliphatic heterocycles. The maximum Gasteiger partial charge on any atom is 0.339 e. The van der Waals surface area contributed by atoms with Crippen LogP contribution in [0.15, 0.2) is 48.5 Å². The van der Waals surface area contributed by atoms with Crippen LogP contribution < -0.4 is 0 Å². The second kappa shape index (κ2) is 12.5. The average Bonchev–Trinajstić information content (AvgIpc) is 3.00. The molecule has 0 spiro atoms. The first-order valence-electron chi connectivity index (χ1n) is 15.5. The number of fused-ring (bicyclic) bond motifs is 4. The summed E-state index contributed by atoms with van der Waals surface area (Å²) in [5.74, 6) is -0.974. The van der Waals surface area contributed by atoms with Gasteiger partial charge in [0.2, 0.25) is 0 Å². The SMILES string of the molecule is CCCc1cccc2cc3c(CCC)c4cc5c(CCC)c(C(=O)OC)c(C(=O)OC)c(CCC)c5cc4cc3cc12. The van der Waals surface area contributed by atoms with Crippen molar-refractivity contribution in [1.82, 2.24) is 0 Å². The summed E-state index contributed by atoms with van der Waals surface area (Å²) >= 11 is 0. The van der Waals surface area contributed by atoms with Crippen LogP contribution in [0.25, 0.3) is 43.1 Å². The fourth-order valence-corrected chi connectivity index (χ4v) is 6.85. The molecule has 0 unspecified atom stereocenters. The van der Waals surface area contributed by atoms with Crippen molar-refractivity contribution in [3.63, 3.8) is 0 Å². The van der Waals surface area contributed by atoms with Gasteiger partial charge in [0, 0.05) is 0 Å². The Morgan fingerprint density at radius 1 is 0.524 bits per heavy atom. The molecule has 218 valence electrons. The molecule has 4 nitrogen and oxygen atoms in total. The van der Waals surface area contributed by atoms with Crippen molar-refractivity contribution in [2.75, 3.05) is 14.2 Å². The molecule has 5 aromatic carbocycles. The summed E-state index contributed by atoms with van der Waals surface area (Å²) in [5, 5.41) is 9.55. The standard InChI is InChI=1S/C38H42O4/c1-7-12-23-16-11-17-24-19-31-25(20-30(23)24)18-26-21-33-28(14-9-3)35(37(39)41-5)36(38(40)42-6)29(15-10-4)34(33)22-32(26)27(31)13-8-2/h11,16-22H,7-10,12-15H2,1-6H3. The summed E-state index contributed by atoms with van der Waals surface area (Å²) < 4.78 is 10.5. The molecule has 0 bridgehead atoms. The first-order valence-corrected chi connectivity index (χ1v) is 15.5. The van der Waals surface area contributed by atoms with Crippen molar-refractivity contribution in [1.29, 1.82) is 0 Å². The molecule has 4 heteroatoms. The lowest BCUT2D eigenvalue weighted by Crippen LogP contribution is -2.18. The normalized spacial score (nSPS) is 11.6. The third kappa shape index (κ3) is 5.02. The molecule has 0 N–H and O–H groups in total. The monoisotopic (exact) mass is 562 g/mol. The van der Waals surface area contributed by atoms with Crippen LogP contribution in [-0.4, -0.2) is 26.2 Å². The highest BCUT2D eigenvalue weighted by molar-refractivity contribution is 6.16. The fourth-order valence-electron chi connectivity index (χ4n) is 6.85. The minimum absolute atomic E-state index is 0.353. The first kappa shape index (κ1) is 29.6. The largest absolute Gasteiger partial charge is 0.465 e. The van der Waals surface area contributed by atoms with E-state index >= 15 is 0 Å². The lowest BCUT2D eigenvalue weighted by atomic mass is 9.83. The lowest BCUT2D eigenvalue weighted by molar-refractivity contribution is 0.0553. The molecule has 0 aromatic heterocycles. The van der Waals surface area contributed by atoms with Gasteiger partial charge < -0.3 is 9.47 Å². The maximum atomic E-state index is 13.3. The van der Waals surface area contributed by atoms with Crippen LogP contribution in [0, 0.1) is 0 Å². The molecule has 5 rings (SSSR count). The van der Waals surface area contributed by atoms with Gasteiger partial charge in [-0.05, 0) is 121 Å². The van der Waals surface area contributed by atoms with E-state index in [0.717, 1.165) is 65.8 Å². The van der Waals surface area contributed by atoms with Gasteiger partial charge in [-0.25, -0.2) is 9.59 Å².